The molecule has 0 spiro atoms. The van der Waals surface area contributed by atoms with Gasteiger partial charge in [0.05, 0.1) is 24.2 Å². The third-order valence-corrected chi connectivity index (χ3v) is 7.01. The van der Waals surface area contributed by atoms with E-state index in [0.717, 1.165) is 17.0 Å². The Morgan fingerprint density at radius 1 is 1.11 bits per heavy atom. The van der Waals surface area contributed by atoms with E-state index >= 15 is 0 Å². The number of hydrogen-bond donors (Lipinski definition) is 2. The molecule has 0 bridgehead atoms. The van der Waals surface area contributed by atoms with E-state index in [1.54, 1.807) is 20.9 Å². The molecular weight excluding hydrogens is 454 g/mol. The fourth-order valence-electron chi connectivity index (χ4n) is 4.86. The molecule has 0 radical (unpaired) electrons. The van der Waals surface area contributed by atoms with Gasteiger partial charge in [0.25, 0.3) is 0 Å². The second-order valence-corrected chi connectivity index (χ2v) is 10.1. The topological polar surface area (TPSA) is 112 Å². The molecule has 1 aromatic heterocycles. The number of ketones is 1. The Balaban J connectivity index is 1.60. The average Bonchev–Trinajstić information content (AvgIpc) is 3.31. The van der Waals surface area contributed by atoms with Gasteiger partial charge in [-0.15, -0.1) is 10.2 Å². The highest BCUT2D eigenvalue weighted by Crippen LogP contribution is 2.37. The van der Waals surface area contributed by atoms with Crippen molar-refractivity contribution in [3.05, 3.63) is 83.4 Å². The fraction of sp³-hybridized carbons (Fsp3) is 0.429. The zero-order valence-electron chi connectivity index (χ0n) is 21.2. The van der Waals surface area contributed by atoms with E-state index in [0.29, 0.717) is 38.4 Å². The number of carbonyl (C=O) groups is 2. The molecule has 1 amide bonds. The van der Waals surface area contributed by atoms with Crippen LogP contribution in [0, 0.1) is 0 Å². The van der Waals surface area contributed by atoms with Gasteiger partial charge in [0.2, 0.25) is 5.91 Å². The standard InChI is InChI=1S/C28H35N5O3/c1-27(2,29)23(34)16-21(19-36-18-20-10-6-4-7-11-20)25-32-31-24-17-28(26(35)30-3,14-15-33(24)25)22-12-8-5-9-13-22/h4-13,21H,14-19,29H2,1-3H3,(H,30,35)/t21-,28?/m1/s1. The molecule has 1 unspecified atom stereocenters. The minimum Gasteiger partial charge on any atom is -0.376 e. The smallest absolute Gasteiger partial charge is 0.230 e. The lowest BCUT2D eigenvalue weighted by molar-refractivity contribution is -0.127. The van der Waals surface area contributed by atoms with Crippen LogP contribution in [0.1, 0.15) is 55.4 Å². The van der Waals surface area contributed by atoms with Crippen LogP contribution >= 0.6 is 0 Å². The summed E-state index contributed by atoms with van der Waals surface area (Å²) in [6.45, 7) is 4.75. The van der Waals surface area contributed by atoms with E-state index in [4.69, 9.17) is 10.5 Å². The highest BCUT2D eigenvalue weighted by Gasteiger charge is 2.44. The van der Waals surface area contributed by atoms with Gasteiger partial charge in [0.1, 0.15) is 11.6 Å². The van der Waals surface area contributed by atoms with Crippen LogP contribution in [0.3, 0.4) is 0 Å². The van der Waals surface area contributed by atoms with Crippen LogP contribution in [0.5, 0.6) is 0 Å². The lowest BCUT2D eigenvalue weighted by Gasteiger charge is -2.36. The normalized spacial score (nSPS) is 18.3. The highest BCUT2D eigenvalue weighted by atomic mass is 16.5. The van der Waals surface area contributed by atoms with E-state index < -0.39 is 11.0 Å². The molecule has 8 nitrogen and oxygen atoms in total. The van der Waals surface area contributed by atoms with E-state index in [9.17, 15) is 9.59 Å². The van der Waals surface area contributed by atoms with Crippen LogP contribution in [0.15, 0.2) is 60.7 Å². The van der Waals surface area contributed by atoms with Crippen LogP contribution in [-0.4, -0.2) is 45.6 Å². The Labute approximate surface area is 212 Å². The van der Waals surface area contributed by atoms with Crippen LogP contribution in [0.25, 0.3) is 0 Å². The molecule has 3 aromatic rings. The summed E-state index contributed by atoms with van der Waals surface area (Å²) in [5.74, 6) is 1.04. The summed E-state index contributed by atoms with van der Waals surface area (Å²) in [4.78, 5) is 26.0. The second kappa shape index (κ2) is 10.7. The predicted molar refractivity (Wildman–Crippen MR) is 137 cm³/mol. The van der Waals surface area contributed by atoms with Gasteiger partial charge in [-0.2, -0.15) is 0 Å². The average molecular weight is 490 g/mol. The van der Waals surface area contributed by atoms with E-state index in [2.05, 4.69) is 20.1 Å². The van der Waals surface area contributed by atoms with Gasteiger partial charge in [0.15, 0.2) is 5.78 Å². The number of fused-ring (bicyclic) bond motifs is 1. The Morgan fingerprint density at radius 2 is 1.78 bits per heavy atom. The molecule has 4 rings (SSSR count). The summed E-state index contributed by atoms with van der Waals surface area (Å²) in [7, 11) is 1.66. The quantitative estimate of drug-likeness (QED) is 0.453. The van der Waals surface area contributed by atoms with Crippen molar-refractivity contribution in [3.8, 4) is 0 Å². The number of amides is 1. The number of nitrogens with zero attached hydrogens (tertiary/aromatic N) is 3. The summed E-state index contributed by atoms with van der Waals surface area (Å²) >= 11 is 0. The molecule has 0 fully saturated rings. The maximum Gasteiger partial charge on any atom is 0.230 e. The molecule has 0 saturated heterocycles. The third kappa shape index (κ3) is 5.39. The first kappa shape index (κ1) is 25.7. The van der Waals surface area contributed by atoms with Crippen molar-refractivity contribution in [1.82, 2.24) is 20.1 Å². The Hall–Kier alpha value is -3.36. The molecule has 0 aliphatic carbocycles. The summed E-state index contributed by atoms with van der Waals surface area (Å²) < 4.78 is 8.09. The number of nitrogens with two attached hydrogens (primary N) is 1. The number of rotatable bonds is 10. The number of likely N-dealkylation sites (N-methyl/N-ethyl adjacent to an activating group) is 1. The zero-order chi connectivity index (χ0) is 25.8. The Bertz CT molecular complexity index is 1190. The van der Waals surface area contributed by atoms with Crippen molar-refractivity contribution in [3.63, 3.8) is 0 Å². The van der Waals surface area contributed by atoms with Crippen molar-refractivity contribution < 1.29 is 14.3 Å². The van der Waals surface area contributed by atoms with Gasteiger partial charge in [0, 0.05) is 32.4 Å². The van der Waals surface area contributed by atoms with Gasteiger partial charge in [-0.25, -0.2) is 0 Å². The monoisotopic (exact) mass is 489 g/mol. The first-order valence-electron chi connectivity index (χ1n) is 12.4. The summed E-state index contributed by atoms with van der Waals surface area (Å²) in [6.07, 6.45) is 1.23. The van der Waals surface area contributed by atoms with Crippen LogP contribution in [0.4, 0.5) is 0 Å². The molecule has 1 aliphatic rings. The molecular formula is C28H35N5O3. The summed E-state index contributed by atoms with van der Waals surface area (Å²) in [5, 5.41) is 11.8. The number of ether oxygens (including phenoxy) is 1. The Kier molecular flexibility index (Phi) is 7.66. The second-order valence-electron chi connectivity index (χ2n) is 10.1. The molecule has 2 heterocycles. The zero-order valence-corrected chi connectivity index (χ0v) is 21.2. The minimum atomic E-state index is -0.954. The SMILES string of the molecule is CNC(=O)C1(c2ccccc2)CCn2c(nnc2[C@@H](COCc2ccccc2)CC(=O)C(C)(C)N)C1. The molecule has 1 aliphatic heterocycles. The molecule has 2 aromatic carbocycles. The van der Waals surface area contributed by atoms with Gasteiger partial charge in [-0.05, 0) is 31.4 Å². The molecule has 190 valence electrons. The number of aromatic nitrogens is 3. The number of nitrogens with one attached hydrogen (secondary N) is 1. The van der Waals surface area contributed by atoms with Crippen molar-refractivity contribution >= 4 is 11.7 Å². The van der Waals surface area contributed by atoms with Crippen molar-refractivity contribution in [2.24, 2.45) is 5.73 Å². The number of benzene rings is 2. The van der Waals surface area contributed by atoms with Crippen molar-refractivity contribution in [2.45, 2.75) is 63.1 Å². The van der Waals surface area contributed by atoms with E-state index in [1.165, 1.54) is 0 Å². The van der Waals surface area contributed by atoms with Crippen LogP contribution in [0.2, 0.25) is 0 Å². The molecule has 8 heteroatoms. The molecule has 2 atom stereocenters. The first-order valence-corrected chi connectivity index (χ1v) is 12.4. The molecule has 36 heavy (non-hydrogen) atoms. The fourth-order valence-corrected chi connectivity index (χ4v) is 4.86. The Morgan fingerprint density at radius 3 is 2.42 bits per heavy atom. The minimum absolute atomic E-state index is 0.0349. The predicted octanol–water partition coefficient (Wildman–Crippen LogP) is 2.91. The van der Waals surface area contributed by atoms with Gasteiger partial charge >= 0.3 is 0 Å². The maximum absolute atomic E-state index is 13.1. The highest BCUT2D eigenvalue weighted by molar-refractivity contribution is 5.89. The lowest BCUT2D eigenvalue weighted by Crippen LogP contribution is -2.48. The number of Topliss-reactive ketones (excluding diaryl/α,β-unsaturated/α-hetero) is 1. The molecule has 3 N–H and O–H groups in total. The number of carbonyl (C=O) groups excluding carboxylic acids is 2. The van der Waals surface area contributed by atoms with Gasteiger partial charge in [-0.3, -0.25) is 9.59 Å². The number of hydrogen-bond acceptors (Lipinski definition) is 6. The summed E-state index contributed by atoms with van der Waals surface area (Å²) in [5.41, 5.74) is 6.46. The largest absolute Gasteiger partial charge is 0.376 e. The van der Waals surface area contributed by atoms with Crippen LogP contribution in [-0.2, 0) is 39.3 Å². The third-order valence-electron chi connectivity index (χ3n) is 7.01. The lowest BCUT2D eigenvalue weighted by atomic mass is 9.72. The van der Waals surface area contributed by atoms with E-state index in [1.807, 2.05) is 60.7 Å². The van der Waals surface area contributed by atoms with E-state index in [-0.39, 0.29) is 24.0 Å². The van der Waals surface area contributed by atoms with Crippen molar-refractivity contribution in [1.29, 1.82) is 0 Å². The van der Waals surface area contributed by atoms with Gasteiger partial charge in [-0.1, -0.05) is 60.7 Å². The maximum atomic E-state index is 13.1. The van der Waals surface area contributed by atoms with Crippen molar-refractivity contribution in [2.75, 3.05) is 13.7 Å². The first-order chi connectivity index (χ1) is 17.2. The van der Waals surface area contributed by atoms with Gasteiger partial charge < -0.3 is 20.4 Å². The molecule has 0 saturated carbocycles. The van der Waals surface area contributed by atoms with Crippen LogP contribution < -0.4 is 11.1 Å². The summed E-state index contributed by atoms with van der Waals surface area (Å²) in [6, 6.07) is 19.7.